The monoisotopic (exact) mass is 266 g/mol. The smallest absolute Gasteiger partial charge is 0.00803 e. The minimum absolute atomic E-state index is 0. The van der Waals surface area contributed by atoms with Crippen LogP contribution in [0.25, 0.3) is 0 Å². The first kappa shape index (κ1) is 13.7. The first-order chi connectivity index (χ1) is 3.71. The molecule has 0 aliphatic carbocycles. The molecule has 0 unspecified atom stereocenters. The van der Waals surface area contributed by atoms with Gasteiger partial charge in [0.25, 0.3) is 0 Å². The summed E-state index contributed by atoms with van der Waals surface area (Å²) in [5, 5.41) is 0. The van der Waals surface area contributed by atoms with Crippen LogP contribution in [0.4, 0.5) is 0 Å². The first-order valence-electron chi connectivity index (χ1n) is 3.41. The molecule has 0 aromatic heterocycles. The van der Waals surface area contributed by atoms with E-state index in [0.29, 0.717) is 9.49 Å². The number of thioether (sulfide) groups is 1. The fourth-order valence-corrected chi connectivity index (χ4v) is 2.76. The van der Waals surface area contributed by atoms with Gasteiger partial charge < -0.3 is 0 Å². The van der Waals surface area contributed by atoms with E-state index in [4.69, 9.17) is 0 Å². The van der Waals surface area contributed by atoms with Crippen LogP contribution in [0.1, 0.15) is 41.5 Å². The molecule has 0 atom stereocenters. The second kappa shape index (κ2) is 4.24. The van der Waals surface area contributed by atoms with E-state index in [-0.39, 0.29) is 23.9 Å². The van der Waals surface area contributed by atoms with Crippen molar-refractivity contribution in [3.05, 3.63) is 0 Å². The molecule has 0 bridgehead atoms. The van der Waals surface area contributed by atoms with E-state index in [9.17, 15) is 0 Å². The Morgan fingerprint density at radius 3 is 0.900 bits per heavy atom. The molecule has 0 saturated carbocycles. The molecule has 0 aromatic carbocycles. The zero-order valence-corrected chi connectivity index (χ0v) is 11.6. The van der Waals surface area contributed by atoms with Crippen LogP contribution in [0.3, 0.4) is 0 Å². The molecule has 0 spiro atoms. The van der Waals surface area contributed by atoms with Crippen LogP contribution in [0.15, 0.2) is 0 Å². The number of rotatable bonds is 0. The Labute approximate surface area is 86.5 Å². The molecule has 0 fully saturated rings. The van der Waals surface area contributed by atoms with E-state index in [1.54, 1.807) is 0 Å². The maximum absolute atomic E-state index is 2.25. The molecular formula is C8H18SSn. The molecule has 10 heavy (non-hydrogen) atoms. The van der Waals surface area contributed by atoms with Gasteiger partial charge in [-0.1, -0.05) is 41.5 Å². The van der Waals surface area contributed by atoms with Gasteiger partial charge in [0, 0.05) is 33.4 Å². The van der Waals surface area contributed by atoms with Gasteiger partial charge in [0.15, 0.2) is 0 Å². The van der Waals surface area contributed by atoms with Crippen LogP contribution in [-0.4, -0.2) is 33.4 Å². The minimum Gasteiger partial charge on any atom is -0.150 e. The van der Waals surface area contributed by atoms with Gasteiger partial charge in [0.05, 0.1) is 0 Å². The molecule has 0 heterocycles. The van der Waals surface area contributed by atoms with Gasteiger partial charge in [0.1, 0.15) is 0 Å². The first-order valence-corrected chi connectivity index (χ1v) is 4.22. The summed E-state index contributed by atoms with van der Waals surface area (Å²) in [6, 6.07) is 0. The summed E-state index contributed by atoms with van der Waals surface area (Å²) < 4.78 is 0.802. The van der Waals surface area contributed by atoms with Crippen LogP contribution in [-0.2, 0) is 0 Å². The van der Waals surface area contributed by atoms with Crippen molar-refractivity contribution >= 4 is 35.7 Å². The third kappa shape index (κ3) is 11.9. The van der Waals surface area contributed by atoms with Crippen LogP contribution in [0.2, 0.25) is 0 Å². The minimum atomic E-state index is 0. The molecule has 0 aliphatic rings. The Kier molecular flexibility index (Phi) is 5.82. The van der Waals surface area contributed by atoms with E-state index in [0.717, 1.165) is 0 Å². The number of hydrogen-bond acceptors (Lipinski definition) is 1. The third-order valence-corrected chi connectivity index (χ3v) is 1.84. The van der Waals surface area contributed by atoms with E-state index in [2.05, 4.69) is 41.5 Å². The third-order valence-electron chi connectivity index (χ3n) is 0.612. The van der Waals surface area contributed by atoms with Crippen molar-refractivity contribution in [3.63, 3.8) is 0 Å². The Morgan fingerprint density at radius 2 is 0.900 bits per heavy atom. The summed E-state index contributed by atoms with van der Waals surface area (Å²) in [7, 11) is 0. The zero-order valence-electron chi connectivity index (χ0n) is 7.91. The second-order valence-electron chi connectivity index (χ2n) is 4.33. The quantitative estimate of drug-likeness (QED) is 0.607. The van der Waals surface area contributed by atoms with E-state index in [1.807, 2.05) is 11.8 Å². The summed E-state index contributed by atoms with van der Waals surface area (Å²) >= 11 is 2.01. The fourth-order valence-electron chi connectivity index (χ4n) is 0.919. The van der Waals surface area contributed by atoms with Crippen molar-refractivity contribution in [2.45, 2.75) is 51.0 Å². The van der Waals surface area contributed by atoms with Gasteiger partial charge in [-0.15, -0.1) is 0 Å². The molecule has 0 N–H and O–H groups in total. The number of hydrogen-bond donors (Lipinski definition) is 0. The summed E-state index contributed by atoms with van der Waals surface area (Å²) in [5.41, 5.74) is 0. The van der Waals surface area contributed by atoms with Gasteiger partial charge in [-0.2, -0.15) is 11.8 Å². The van der Waals surface area contributed by atoms with Crippen molar-refractivity contribution < 1.29 is 0 Å². The van der Waals surface area contributed by atoms with Crippen LogP contribution < -0.4 is 0 Å². The average molecular weight is 265 g/mol. The SMILES string of the molecule is CC(C)(C)SC(C)(C)C.[Sn]. The maximum Gasteiger partial charge on any atom is 0.00803 e. The molecule has 4 radical (unpaired) electrons. The maximum atomic E-state index is 2.25. The molecule has 0 aromatic rings. The summed E-state index contributed by atoms with van der Waals surface area (Å²) in [4.78, 5) is 0. The van der Waals surface area contributed by atoms with Crippen LogP contribution in [0.5, 0.6) is 0 Å². The molecular weight excluding hydrogens is 247 g/mol. The largest absolute Gasteiger partial charge is 0.150 e. The Morgan fingerprint density at radius 1 is 0.700 bits per heavy atom. The van der Waals surface area contributed by atoms with Crippen molar-refractivity contribution in [2.24, 2.45) is 0 Å². The summed E-state index contributed by atoms with van der Waals surface area (Å²) in [5.74, 6) is 0. The van der Waals surface area contributed by atoms with Crippen LogP contribution >= 0.6 is 11.8 Å². The molecule has 0 nitrogen and oxygen atoms in total. The van der Waals surface area contributed by atoms with Crippen LogP contribution in [0, 0.1) is 0 Å². The molecule has 60 valence electrons. The van der Waals surface area contributed by atoms with Gasteiger partial charge in [-0.05, 0) is 0 Å². The normalized spacial score (nSPS) is 12.6. The van der Waals surface area contributed by atoms with Crippen molar-refractivity contribution in [3.8, 4) is 0 Å². The van der Waals surface area contributed by atoms with E-state index < -0.39 is 0 Å². The van der Waals surface area contributed by atoms with Gasteiger partial charge in [-0.25, -0.2) is 0 Å². The molecule has 0 aliphatic heterocycles. The standard InChI is InChI=1S/C8H18S.Sn/c1-7(2,3)9-8(4,5)6;/h1-6H3;. The van der Waals surface area contributed by atoms with Gasteiger partial charge >= 0.3 is 0 Å². The summed E-state index contributed by atoms with van der Waals surface area (Å²) in [6.07, 6.45) is 0. The van der Waals surface area contributed by atoms with Crippen molar-refractivity contribution in [1.29, 1.82) is 0 Å². The Balaban J connectivity index is 0. The fraction of sp³-hybridized carbons (Fsp3) is 1.00. The van der Waals surface area contributed by atoms with Gasteiger partial charge in [0.2, 0.25) is 0 Å². The second-order valence-corrected chi connectivity index (χ2v) is 6.98. The topological polar surface area (TPSA) is 0 Å². The van der Waals surface area contributed by atoms with Crippen molar-refractivity contribution in [1.82, 2.24) is 0 Å². The molecule has 2 heteroatoms. The van der Waals surface area contributed by atoms with Crippen molar-refractivity contribution in [2.75, 3.05) is 0 Å². The Bertz CT molecular complexity index is 74.4. The summed E-state index contributed by atoms with van der Waals surface area (Å²) in [6.45, 7) is 13.5. The predicted molar refractivity (Wildman–Crippen MR) is 52.9 cm³/mol. The zero-order chi connectivity index (χ0) is 7.71. The average Bonchev–Trinajstić information content (AvgIpc) is 1.14. The molecule has 0 rings (SSSR count). The molecule has 0 amide bonds. The predicted octanol–water partition coefficient (Wildman–Crippen LogP) is 2.94. The van der Waals surface area contributed by atoms with E-state index in [1.165, 1.54) is 0 Å². The van der Waals surface area contributed by atoms with E-state index >= 15 is 0 Å². The van der Waals surface area contributed by atoms with Gasteiger partial charge in [-0.3, -0.25) is 0 Å². The Hall–Kier alpha value is 1.15. The molecule has 0 saturated heterocycles.